The molecule has 1 heterocycles. The van der Waals surface area contributed by atoms with Crippen LogP contribution in [-0.2, 0) is 21.7 Å². The number of amides is 4. The summed E-state index contributed by atoms with van der Waals surface area (Å²) in [5.41, 5.74) is -0.0354. The molecule has 1 N–H and O–H groups in total. The Morgan fingerprint density at radius 2 is 1.84 bits per heavy atom. The summed E-state index contributed by atoms with van der Waals surface area (Å²) in [4.78, 5) is 40.3. The van der Waals surface area contributed by atoms with Crippen molar-refractivity contribution < 1.29 is 27.9 Å². The van der Waals surface area contributed by atoms with E-state index < -0.39 is 36.5 Å². The largest absolute Gasteiger partial charge is 0.435 e. The first-order chi connectivity index (χ1) is 14.6. The minimum Gasteiger partial charge on any atom is -0.435 e. The fraction of sp³-hybridized carbons (Fsp3) is 0.286. The van der Waals surface area contributed by atoms with Crippen LogP contribution in [0, 0.1) is 0 Å². The molecule has 1 saturated heterocycles. The molecule has 0 spiro atoms. The molecule has 2 aromatic carbocycles. The molecule has 3 rings (SSSR count). The van der Waals surface area contributed by atoms with Crippen molar-refractivity contribution in [1.82, 2.24) is 15.1 Å². The number of ether oxygens (including phenoxy) is 1. The Kier molecular flexibility index (Phi) is 6.59. The average molecular weight is 496 g/mol. The van der Waals surface area contributed by atoms with Gasteiger partial charge >= 0.3 is 12.6 Å². The normalized spacial score (nSPS) is 18.3. The van der Waals surface area contributed by atoms with Crippen LogP contribution in [0.3, 0.4) is 0 Å². The Hall–Kier alpha value is -3.01. The summed E-state index contributed by atoms with van der Waals surface area (Å²) < 4.78 is 29.4. The number of hydrogen-bond donors (Lipinski definition) is 1. The van der Waals surface area contributed by atoms with Gasteiger partial charge in [0.05, 0.1) is 0 Å². The third-order valence-electron chi connectivity index (χ3n) is 4.97. The van der Waals surface area contributed by atoms with Crippen molar-refractivity contribution in [2.75, 3.05) is 13.6 Å². The number of likely N-dealkylation sites (N-methyl/N-ethyl adjacent to an activating group) is 1. The molecule has 1 aliphatic heterocycles. The first kappa shape index (κ1) is 22.7. The predicted molar refractivity (Wildman–Crippen MR) is 111 cm³/mol. The number of rotatable bonds is 7. The molecule has 0 bridgehead atoms. The fourth-order valence-electron chi connectivity index (χ4n) is 3.28. The number of alkyl halides is 2. The van der Waals surface area contributed by atoms with Gasteiger partial charge in [0.25, 0.3) is 5.91 Å². The fourth-order valence-corrected chi connectivity index (χ4v) is 3.97. The molecular weight excluding hydrogens is 476 g/mol. The molecular formula is C21H20BrF2N3O4. The maximum Gasteiger partial charge on any atom is 0.387 e. The molecule has 31 heavy (non-hydrogen) atoms. The number of halogens is 3. The lowest BCUT2D eigenvalue weighted by Gasteiger charge is -2.24. The van der Waals surface area contributed by atoms with Crippen LogP contribution in [0.4, 0.5) is 13.6 Å². The number of carbonyl (C=O) groups is 3. The zero-order valence-corrected chi connectivity index (χ0v) is 18.4. The summed E-state index contributed by atoms with van der Waals surface area (Å²) >= 11 is 3.39. The van der Waals surface area contributed by atoms with Crippen molar-refractivity contribution in [2.24, 2.45) is 0 Å². The van der Waals surface area contributed by atoms with Gasteiger partial charge < -0.3 is 15.0 Å². The van der Waals surface area contributed by atoms with Crippen LogP contribution in [0.25, 0.3) is 0 Å². The summed E-state index contributed by atoms with van der Waals surface area (Å²) in [5, 5.41) is 2.66. The molecule has 4 amide bonds. The summed E-state index contributed by atoms with van der Waals surface area (Å²) in [5.74, 6) is -0.967. The summed E-state index contributed by atoms with van der Waals surface area (Å²) in [6, 6.07) is 12.2. The maximum atomic E-state index is 13.0. The molecule has 164 valence electrons. The Labute approximate surface area is 186 Å². The lowest BCUT2D eigenvalue weighted by molar-refractivity contribution is -0.138. The van der Waals surface area contributed by atoms with E-state index in [4.69, 9.17) is 0 Å². The lowest BCUT2D eigenvalue weighted by Crippen LogP contribution is -2.43. The van der Waals surface area contributed by atoms with Crippen LogP contribution in [-0.4, -0.2) is 47.8 Å². The van der Waals surface area contributed by atoms with E-state index in [0.29, 0.717) is 15.6 Å². The van der Waals surface area contributed by atoms with Crippen LogP contribution >= 0.6 is 15.9 Å². The molecule has 0 saturated carbocycles. The third kappa shape index (κ3) is 4.84. The highest BCUT2D eigenvalue weighted by Gasteiger charge is 2.50. The van der Waals surface area contributed by atoms with Crippen LogP contribution in [0.1, 0.15) is 18.1 Å². The monoisotopic (exact) mass is 495 g/mol. The molecule has 7 nitrogen and oxygen atoms in total. The molecule has 1 aliphatic rings. The van der Waals surface area contributed by atoms with Crippen molar-refractivity contribution in [3.05, 3.63) is 64.1 Å². The summed E-state index contributed by atoms with van der Waals surface area (Å²) in [6.45, 7) is -1.58. The van der Waals surface area contributed by atoms with E-state index in [1.54, 1.807) is 43.3 Å². The molecule has 0 radical (unpaired) electrons. The number of nitrogens with zero attached hydrogens (tertiary/aromatic N) is 2. The quantitative estimate of drug-likeness (QED) is 0.596. The highest BCUT2D eigenvalue weighted by Crippen LogP contribution is 2.33. The zero-order chi connectivity index (χ0) is 22.8. The van der Waals surface area contributed by atoms with Gasteiger partial charge in [-0.25, -0.2) is 4.79 Å². The number of nitrogens with one attached hydrogen (secondary N) is 1. The van der Waals surface area contributed by atoms with Gasteiger partial charge in [0.15, 0.2) is 0 Å². The number of benzene rings is 2. The molecule has 10 heteroatoms. The van der Waals surface area contributed by atoms with Gasteiger partial charge in [0.2, 0.25) is 5.91 Å². The van der Waals surface area contributed by atoms with E-state index in [-0.39, 0.29) is 12.3 Å². The second-order valence-corrected chi connectivity index (χ2v) is 8.05. The van der Waals surface area contributed by atoms with Crippen molar-refractivity contribution in [3.63, 3.8) is 0 Å². The second kappa shape index (κ2) is 9.01. The lowest BCUT2D eigenvalue weighted by atomic mass is 9.92. The van der Waals surface area contributed by atoms with Gasteiger partial charge in [-0.3, -0.25) is 14.5 Å². The maximum absolute atomic E-state index is 13.0. The Morgan fingerprint density at radius 3 is 2.45 bits per heavy atom. The van der Waals surface area contributed by atoms with Crippen molar-refractivity contribution in [2.45, 2.75) is 25.6 Å². The molecule has 0 aromatic heterocycles. The van der Waals surface area contributed by atoms with Crippen molar-refractivity contribution in [3.8, 4) is 5.75 Å². The van der Waals surface area contributed by atoms with Gasteiger partial charge in [-0.2, -0.15) is 8.78 Å². The Morgan fingerprint density at radius 1 is 1.19 bits per heavy atom. The summed E-state index contributed by atoms with van der Waals surface area (Å²) in [7, 11) is 1.53. The second-order valence-electron chi connectivity index (χ2n) is 7.20. The van der Waals surface area contributed by atoms with Gasteiger partial charge in [-0.05, 0) is 30.7 Å². The highest BCUT2D eigenvalue weighted by molar-refractivity contribution is 9.10. The van der Waals surface area contributed by atoms with E-state index in [9.17, 15) is 23.2 Å². The predicted octanol–water partition coefficient (Wildman–Crippen LogP) is 3.48. The highest BCUT2D eigenvalue weighted by atomic mass is 79.9. The van der Waals surface area contributed by atoms with Gasteiger partial charge in [0, 0.05) is 23.6 Å². The number of imide groups is 1. The van der Waals surface area contributed by atoms with Gasteiger partial charge in [-0.15, -0.1) is 0 Å². The minimum atomic E-state index is -2.92. The summed E-state index contributed by atoms with van der Waals surface area (Å²) in [6.07, 6.45) is 0. The van der Waals surface area contributed by atoms with Gasteiger partial charge in [0.1, 0.15) is 17.8 Å². The van der Waals surface area contributed by atoms with E-state index in [1.165, 1.54) is 24.1 Å². The smallest absolute Gasteiger partial charge is 0.387 e. The zero-order valence-electron chi connectivity index (χ0n) is 16.8. The van der Waals surface area contributed by atoms with Crippen LogP contribution in [0.2, 0.25) is 0 Å². The molecule has 1 unspecified atom stereocenters. The molecule has 1 fully saturated rings. The molecule has 1 atom stereocenters. The molecule has 2 aromatic rings. The van der Waals surface area contributed by atoms with Crippen LogP contribution in [0.15, 0.2) is 53.0 Å². The Balaban J connectivity index is 1.66. The van der Waals surface area contributed by atoms with Crippen molar-refractivity contribution >= 4 is 33.8 Å². The SMILES string of the molecule is CN(Cc1ccc(OC(F)F)cc1)C(=O)CN1C(=O)NC(C)(c2ccccc2Br)C1=O. The van der Waals surface area contributed by atoms with E-state index in [0.717, 1.165) is 4.90 Å². The van der Waals surface area contributed by atoms with Crippen molar-refractivity contribution in [1.29, 1.82) is 0 Å². The Bertz CT molecular complexity index is 1000. The van der Waals surface area contributed by atoms with E-state index in [2.05, 4.69) is 26.0 Å². The van der Waals surface area contributed by atoms with Gasteiger partial charge in [-0.1, -0.05) is 46.3 Å². The topological polar surface area (TPSA) is 79.0 Å². The average Bonchev–Trinajstić information content (AvgIpc) is 2.93. The first-order valence-electron chi connectivity index (χ1n) is 9.28. The number of hydrogen-bond acceptors (Lipinski definition) is 4. The first-order valence-corrected chi connectivity index (χ1v) is 10.1. The standard InChI is InChI=1S/C21H20BrF2N3O4/c1-21(15-5-3-4-6-16(15)22)18(29)27(20(30)25-21)12-17(28)26(2)11-13-7-9-14(10-8-13)31-19(23)24/h3-10,19H,11-12H2,1-2H3,(H,25,30). The number of urea groups is 1. The minimum absolute atomic E-state index is 0.0124. The van der Waals surface area contributed by atoms with E-state index >= 15 is 0 Å². The molecule has 0 aliphatic carbocycles. The number of carbonyl (C=O) groups excluding carboxylic acids is 3. The third-order valence-corrected chi connectivity index (χ3v) is 5.67. The van der Waals surface area contributed by atoms with Crippen LogP contribution < -0.4 is 10.1 Å². The van der Waals surface area contributed by atoms with Crippen LogP contribution in [0.5, 0.6) is 5.75 Å². The van der Waals surface area contributed by atoms with E-state index in [1.807, 2.05) is 0 Å².